The molecule has 2 heterocycles. The van der Waals surface area contributed by atoms with Gasteiger partial charge in [-0.2, -0.15) is 5.10 Å². The van der Waals surface area contributed by atoms with Gasteiger partial charge in [-0.25, -0.2) is 9.53 Å². The lowest BCUT2D eigenvalue weighted by molar-refractivity contribution is 0.0921. The van der Waals surface area contributed by atoms with Crippen molar-refractivity contribution >= 4 is 33.7 Å². The standard InChI is InChI=1S/C17H12N6O2/c1-19-12-8-20-23-13(7-18)15(24)11-6-9-4-2-3-5-10(9)14(16(11)25)21-22-17(12)23/h2-6,8,13,25H,7,18H2/b22-21+. The number of rotatable bonds is 1. The first-order valence-electron chi connectivity index (χ1n) is 7.51. The number of nitrogens with zero attached hydrogens (tertiary/aromatic N) is 5. The van der Waals surface area contributed by atoms with Gasteiger partial charge in [0.2, 0.25) is 0 Å². The van der Waals surface area contributed by atoms with Gasteiger partial charge >= 0.3 is 0 Å². The zero-order valence-electron chi connectivity index (χ0n) is 12.9. The molecule has 0 amide bonds. The van der Waals surface area contributed by atoms with Gasteiger partial charge < -0.3 is 10.8 Å². The van der Waals surface area contributed by atoms with Crippen molar-refractivity contribution in [3.05, 3.63) is 53.5 Å². The normalized spacial score (nSPS) is 17.3. The number of ketones is 1. The monoisotopic (exact) mass is 332 g/mol. The van der Waals surface area contributed by atoms with Crippen LogP contribution in [0, 0.1) is 6.57 Å². The predicted octanol–water partition coefficient (Wildman–Crippen LogP) is 3.40. The van der Waals surface area contributed by atoms with Crippen molar-refractivity contribution in [1.29, 1.82) is 0 Å². The number of carbonyl (C=O) groups excluding carboxylic acids is 1. The fourth-order valence-electron chi connectivity index (χ4n) is 2.95. The molecule has 8 heteroatoms. The summed E-state index contributed by atoms with van der Waals surface area (Å²) in [6, 6.07) is 7.96. The van der Waals surface area contributed by atoms with E-state index in [2.05, 4.69) is 20.2 Å². The van der Waals surface area contributed by atoms with Gasteiger partial charge in [-0.05, 0) is 11.5 Å². The van der Waals surface area contributed by atoms with E-state index in [1.54, 1.807) is 18.2 Å². The Hall–Kier alpha value is -3.57. The van der Waals surface area contributed by atoms with Crippen molar-refractivity contribution in [3.63, 3.8) is 0 Å². The molecule has 0 aliphatic carbocycles. The Morgan fingerprint density at radius 2 is 2.12 bits per heavy atom. The second kappa shape index (κ2) is 5.51. The summed E-state index contributed by atoms with van der Waals surface area (Å²) in [4.78, 5) is 16.4. The predicted molar refractivity (Wildman–Crippen MR) is 90.7 cm³/mol. The average molecular weight is 332 g/mol. The minimum atomic E-state index is -0.887. The van der Waals surface area contributed by atoms with E-state index in [4.69, 9.17) is 12.3 Å². The molecule has 1 aliphatic heterocycles. The van der Waals surface area contributed by atoms with Crippen LogP contribution in [0.15, 0.2) is 46.8 Å². The number of benzene rings is 2. The summed E-state index contributed by atoms with van der Waals surface area (Å²) in [7, 11) is 0. The van der Waals surface area contributed by atoms with Crippen molar-refractivity contribution in [2.75, 3.05) is 6.54 Å². The molecule has 0 fully saturated rings. The number of phenols is 1. The highest BCUT2D eigenvalue weighted by Gasteiger charge is 2.30. The van der Waals surface area contributed by atoms with E-state index >= 15 is 0 Å². The number of azo groups is 1. The van der Waals surface area contributed by atoms with E-state index in [0.29, 0.717) is 5.39 Å². The van der Waals surface area contributed by atoms with E-state index in [-0.39, 0.29) is 35.1 Å². The van der Waals surface area contributed by atoms with Gasteiger partial charge in [-0.1, -0.05) is 24.3 Å². The van der Waals surface area contributed by atoms with Gasteiger partial charge in [0.1, 0.15) is 11.7 Å². The first-order chi connectivity index (χ1) is 12.2. The van der Waals surface area contributed by atoms with E-state index < -0.39 is 11.8 Å². The molecular weight excluding hydrogens is 320 g/mol. The molecule has 1 atom stereocenters. The molecule has 0 radical (unpaired) electrons. The molecule has 8 nitrogen and oxygen atoms in total. The molecule has 1 aromatic heterocycles. The van der Waals surface area contributed by atoms with Gasteiger partial charge in [-0.15, -0.1) is 10.2 Å². The highest BCUT2D eigenvalue weighted by molar-refractivity contribution is 6.09. The molecule has 1 aliphatic rings. The van der Waals surface area contributed by atoms with Crippen LogP contribution in [0.1, 0.15) is 16.4 Å². The Morgan fingerprint density at radius 3 is 2.88 bits per heavy atom. The minimum absolute atomic E-state index is 0.0535. The maximum atomic E-state index is 13.0. The maximum Gasteiger partial charge on any atom is 0.251 e. The van der Waals surface area contributed by atoms with Crippen LogP contribution in [0.5, 0.6) is 5.75 Å². The van der Waals surface area contributed by atoms with Crippen molar-refractivity contribution in [3.8, 4) is 5.75 Å². The molecule has 2 aromatic carbocycles. The van der Waals surface area contributed by atoms with Crippen LogP contribution in [0.4, 0.5) is 17.2 Å². The molecule has 0 saturated carbocycles. The number of phenolic OH excluding ortho intramolecular Hbond substituents is 1. The van der Waals surface area contributed by atoms with E-state index in [0.717, 1.165) is 5.39 Å². The van der Waals surface area contributed by atoms with Gasteiger partial charge in [0.25, 0.3) is 5.69 Å². The summed E-state index contributed by atoms with van der Waals surface area (Å²) in [5, 5.41) is 24.3. The van der Waals surface area contributed by atoms with Crippen LogP contribution in [-0.2, 0) is 0 Å². The van der Waals surface area contributed by atoms with Crippen molar-refractivity contribution < 1.29 is 9.90 Å². The number of nitrogens with two attached hydrogens (primary N) is 1. The molecule has 0 saturated heterocycles. The fourth-order valence-corrected chi connectivity index (χ4v) is 2.95. The van der Waals surface area contributed by atoms with Gasteiger partial charge in [0.15, 0.2) is 17.4 Å². The summed E-state index contributed by atoms with van der Waals surface area (Å²) in [5.41, 5.74) is 6.24. The summed E-state index contributed by atoms with van der Waals surface area (Å²) in [5.74, 6) is -0.508. The Kier molecular flexibility index (Phi) is 3.30. The third kappa shape index (κ3) is 2.10. The van der Waals surface area contributed by atoms with E-state index in [9.17, 15) is 9.90 Å². The lowest BCUT2D eigenvalue weighted by Crippen LogP contribution is -2.28. The smallest absolute Gasteiger partial charge is 0.251 e. The molecular formula is C17H12N6O2. The Morgan fingerprint density at radius 1 is 1.32 bits per heavy atom. The third-order valence-corrected chi connectivity index (χ3v) is 4.20. The number of aromatic nitrogens is 2. The molecule has 1 unspecified atom stereocenters. The number of fused-ring (bicyclic) bond motifs is 5. The highest BCUT2D eigenvalue weighted by Crippen LogP contribution is 2.43. The van der Waals surface area contributed by atoms with Crippen LogP contribution >= 0.6 is 0 Å². The number of carbonyl (C=O) groups is 1. The fraction of sp³-hybridized carbons (Fsp3) is 0.118. The summed E-state index contributed by atoms with van der Waals surface area (Å²) >= 11 is 0. The largest absolute Gasteiger partial charge is 0.505 e. The molecule has 4 rings (SSSR count). The minimum Gasteiger partial charge on any atom is -0.505 e. The molecule has 25 heavy (non-hydrogen) atoms. The number of hydrogen-bond acceptors (Lipinski definition) is 6. The Labute approximate surface area is 142 Å². The Bertz CT molecular complexity index is 1090. The van der Waals surface area contributed by atoms with Crippen molar-refractivity contribution in [1.82, 2.24) is 9.78 Å². The summed E-state index contributed by atoms with van der Waals surface area (Å²) < 4.78 is 1.29. The van der Waals surface area contributed by atoms with Crippen LogP contribution in [-0.4, -0.2) is 27.2 Å². The topological polar surface area (TPSA) is 110 Å². The van der Waals surface area contributed by atoms with E-state index in [1.165, 1.54) is 10.9 Å². The first kappa shape index (κ1) is 15.0. The summed E-state index contributed by atoms with van der Waals surface area (Å²) in [6.45, 7) is 7.19. The average Bonchev–Trinajstić information content (AvgIpc) is 3.03. The maximum absolute atomic E-state index is 13.0. The van der Waals surface area contributed by atoms with Gasteiger partial charge in [-0.3, -0.25) is 4.79 Å². The Balaban J connectivity index is 2.11. The first-order valence-corrected chi connectivity index (χ1v) is 7.51. The van der Waals surface area contributed by atoms with E-state index in [1.807, 2.05) is 12.1 Å². The van der Waals surface area contributed by atoms with Crippen molar-refractivity contribution in [2.45, 2.75) is 6.04 Å². The van der Waals surface area contributed by atoms with Crippen molar-refractivity contribution in [2.24, 2.45) is 16.0 Å². The zero-order valence-corrected chi connectivity index (χ0v) is 12.9. The molecule has 122 valence electrons. The van der Waals surface area contributed by atoms with Gasteiger partial charge in [0, 0.05) is 11.9 Å². The van der Waals surface area contributed by atoms with Crippen LogP contribution < -0.4 is 5.73 Å². The number of aromatic hydroxyl groups is 1. The molecule has 3 N–H and O–H groups in total. The van der Waals surface area contributed by atoms with Crippen LogP contribution in [0.2, 0.25) is 0 Å². The highest BCUT2D eigenvalue weighted by atomic mass is 16.3. The number of hydrogen-bond donors (Lipinski definition) is 2. The SMILES string of the molecule is [C-]#[N+]c1cnn2c1/N=N/c1c(O)c(cc3ccccc13)C(=O)C2CN. The summed E-state index contributed by atoms with van der Waals surface area (Å²) in [6.07, 6.45) is 1.32. The third-order valence-electron chi connectivity index (χ3n) is 4.20. The lowest BCUT2D eigenvalue weighted by atomic mass is 9.97. The lowest BCUT2D eigenvalue weighted by Gasteiger charge is -2.16. The second-order valence-electron chi connectivity index (χ2n) is 5.57. The second-order valence-corrected chi connectivity index (χ2v) is 5.57. The zero-order chi connectivity index (χ0) is 17.6. The molecule has 2 bridgehead atoms. The van der Waals surface area contributed by atoms with Crippen LogP contribution in [0.3, 0.4) is 0 Å². The molecule has 0 spiro atoms. The number of Topliss-reactive ketones (excluding diaryl/α,β-unsaturated/α-hetero) is 1. The van der Waals surface area contributed by atoms with Gasteiger partial charge in [0.05, 0.1) is 18.3 Å². The van der Waals surface area contributed by atoms with Crippen LogP contribution in [0.25, 0.3) is 15.6 Å². The quantitative estimate of drug-likeness (QED) is 0.665. The molecule has 3 aromatic rings.